The van der Waals surface area contributed by atoms with Crippen LogP contribution in [0.2, 0.25) is 0 Å². The maximum atomic E-state index is 12.4. The van der Waals surface area contributed by atoms with Crippen LogP contribution in [-0.4, -0.2) is 37.7 Å². The summed E-state index contributed by atoms with van der Waals surface area (Å²) < 4.78 is 10.0. The Kier molecular flexibility index (Phi) is 5.07. The van der Waals surface area contributed by atoms with E-state index in [2.05, 4.69) is 9.39 Å². The summed E-state index contributed by atoms with van der Waals surface area (Å²) in [5, 5.41) is 20.2. The molecule has 0 radical (unpaired) electrons. The van der Waals surface area contributed by atoms with Crippen LogP contribution in [0.15, 0.2) is 55.8 Å². The molecule has 3 heterocycles. The van der Waals surface area contributed by atoms with Crippen LogP contribution in [0, 0.1) is 15.5 Å². The Bertz CT molecular complexity index is 1120. The lowest BCUT2D eigenvalue weighted by Crippen LogP contribution is -2.41. The smallest absolute Gasteiger partial charge is 0.283 e. The number of furan rings is 1. The highest BCUT2D eigenvalue weighted by Crippen LogP contribution is 2.32. The number of carbonyl (C=O) groups is 1. The number of amidine groups is 3. The van der Waals surface area contributed by atoms with Gasteiger partial charge in [0.2, 0.25) is 5.17 Å². The minimum atomic E-state index is -0.528. The van der Waals surface area contributed by atoms with Crippen LogP contribution in [-0.2, 0) is 4.79 Å². The van der Waals surface area contributed by atoms with Gasteiger partial charge in [-0.15, -0.1) is 0 Å². The lowest BCUT2D eigenvalue weighted by Gasteiger charge is -2.23. The van der Waals surface area contributed by atoms with E-state index >= 15 is 0 Å². The number of nitro groups is 1. The Labute approximate surface area is 173 Å². The van der Waals surface area contributed by atoms with Crippen molar-refractivity contribution < 1.29 is 14.1 Å². The number of carbonyl (C=O) groups excluding carboxylic acids is 1. The van der Waals surface area contributed by atoms with Crippen LogP contribution >= 0.6 is 23.7 Å². The van der Waals surface area contributed by atoms with Crippen molar-refractivity contribution in [3.8, 4) is 11.3 Å². The van der Waals surface area contributed by atoms with Gasteiger partial charge in [-0.25, -0.2) is 4.90 Å². The van der Waals surface area contributed by atoms with Crippen LogP contribution in [0.4, 0.5) is 5.69 Å². The normalized spacial score (nSPS) is 17.4. The Balaban J connectivity index is 1.61. The van der Waals surface area contributed by atoms with Gasteiger partial charge >= 0.3 is 0 Å². The molecule has 0 unspecified atom stereocenters. The van der Waals surface area contributed by atoms with Crippen LogP contribution in [0.25, 0.3) is 17.4 Å². The van der Waals surface area contributed by atoms with Crippen molar-refractivity contribution in [2.24, 2.45) is 9.39 Å². The summed E-state index contributed by atoms with van der Waals surface area (Å²) in [4.78, 5) is 28.3. The zero-order valence-electron chi connectivity index (χ0n) is 15.0. The molecule has 1 aromatic carbocycles. The van der Waals surface area contributed by atoms with Gasteiger partial charge in [0.15, 0.2) is 5.17 Å². The average molecular weight is 427 g/mol. The first-order valence-electron chi connectivity index (χ1n) is 8.44. The molecule has 1 N–H and O–H groups in total. The van der Waals surface area contributed by atoms with Gasteiger partial charge in [0, 0.05) is 17.7 Å². The van der Waals surface area contributed by atoms with Gasteiger partial charge in [-0.2, -0.15) is 9.39 Å². The zero-order valence-corrected chi connectivity index (χ0v) is 16.6. The highest BCUT2D eigenvalue weighted by atomic mass is 32.2. The maximum absolute atomic E-state index is 12.4. The van der Waals surface area contributed by atoms with Crippen molar-refractivity contribution in [1.29, 1.82) is 5.41 Å². The predicted octanol–water partition coefficient (Wildman–Crippen LogP) is 4.18. The number of nitrogens with one attached hydrogen (secondary N) is 1. The molecule has 9 nitrogen and oxygen atoms in total. The van der Waals surface area contributed by atoms with Crippen LogP contribution in [0.3, 0.4) is 0 Å². The molecule has 29 heavy (non-hydrogen) atoms. The standard InChI is InChI=1S/C18H13N5O4S2/c1-2-28-18-21-29-17-20-16(24)13(15(19)22(17)18)9-12-7-8-14(27-12)10-3-5-11(6-4-10)23(25)26/h3-9,19H,2H2,1H3/b13-9-,19-15?. The molecule has 1 amide bonds. The van der Waals surface area contributed by atoms with Crippen molar-refractivity contribution in [2.45, 2.75) is 6.92 Å². The molecule has 0 spiro atoms. The van der Waals surface area contributed by atoms with E-state index in [1.54, 1.807) is 29.2 Å². The first-order chi connectivity index (χ1) is 14.0. The van der Waals surface area contributed by atoms with Crippen molar-refractivity contribution in [1.82, 2.24) is 4.90 Å². The summed E-state index contributed by atoms with van der Waals surface area (Å²) in [6, 6.07) is 9.32. The summed E-state index contributed by atoms with van der Waals surface area (Å²) >= 11 is 2.54. The van der Waals surface area contributed by atoms with Gasteiger partial charge in [-0.3, -0.25) is 20.3 Å². The molecule has 2 aliphatic heterocycles. The van der Waals surface area contributed by atoms with Gasteiger partial charge in [0.1, 0.15) is 17.4 Å². The summed E-state index contributed by atoms with van der Waals surface area (Å²) in [7, 11) is 0. The van der Waals surface area contributed by atoms with Gasteiger partial charge in [-0.05, 0) is 36.1 Å². The van der Waals surface area contributed by atoms with Crippen molar-refractivity contribution in [2.75, 3.05) is 5.75 Å². The lowest BCUT2D eigenvalue weighted by molar-refractivity contribution is -0.384. The Morgan fingerprint density at radius 1 is 1.31 bits per heavy atom. The zero-order chi connectivity index (χ0) is 20.5. The SMILES string of the molecule is CCSC1=NSC2=NC(=O)/C(=C\c3ccc(-c4ccc([N+](=O)[O-])cc4)o3)C(=N)N12. The Morgan fingerprint density at radius 3 is 2.76 bits per heavy atom. The van der Waals surface area contributed by atoms with Crippen molar-refractivity contribution >= 4 is 57.6 Å². The molecular formula is C18H13N5O4S2. The van der Waals surface area contributed by atoms with E-state index in [0.29, 0.717) is 27.4 Å². The summed E-state index contributed by atoms with van der Waals surface area (Å²) in [6.07, 6.45) is 1.47. The highest BCUT2D eigenvalue weighted by molar-refractivity contribution is 8.19. The van der Waals surface area contributed by atoms with E-state index in [9.17, 15) is 14.9 Å². The number of non-ortho nitro benzene ring substituents is 1. The van der Waals surface area contributed by atoms with E-state index < -0.39 is 10.8 Å². The molecule has 2 aromatic rings. The molecule has 0 atom stereocenters. The molecule has 0 bridgehead atoms. The number of rotatable bonds is 4. The molecule has 146 valence electrons. The first kappa shape index (κ1) is 19.2. The topological polar surface area (TPSA) is 125 Å². The van der Waals surface area contributed by atoms with E-state index in [0.717, 1.165) is 17.7 Å². The van der Waals surface area contributed by atoms with Gasteiger partial charge in [0.05, 0.1) is 22.4 Å². The number of aliphatic imine (C=N–C) groups is 1. The third-order valence-corrected chi connectivity index (χ3v) is 5.68. The summed E-state index contributed by atoms with van der Waals surface area (Å²) in [5.41, 5.74) is 0.754. The second kappa shape index (κ2) is 7.68. The monoisotopic (exact) mass is 427 g/mol. The highest BCUT2D eigenvalue weighted by Gasteiger charge is 2.37. The molecule has 4 rings (SSSR count). The van der Waals surface area contributed by atoms with Crippen LogP contribution < -0.4 is 0 Å². The van der Waals surface area contributed by atoms with Crippen molar-refractivity contribution in [3.63, 3.8) is 0 Å². The number of hydrogen-bond acceptors (Lipinski definition) is 8. The first-order valence-corrected chi connectivity index (χ1v) is 10.2. The molecule has 0 fully saturated rings. The molecule has 2 aliphatic rings. The third kappa shape index (κ3) is 3.61. The van der Waals surface area contributed by atoms with E-state index in [1.165, 1.54) is 30.0 Å². The fraction of sp³-hybridized carbons (Fsp3) is 0.111. The fourth-order valence-electron chi connectivity index (χ4n) is 2.70. The second-order valence-corrected chi connectivity index (χ2v) is 7.81. The lowest BCUT2D eigenvalue weighted by atomic mass is 10.1. The minimum Gasteiger partial charge on any atom is -0.457 e. The van der Waals surface area contributed by atoms with Gasteiger partial charge < -0.3 is 4.42 Å². The fourth-order valence-corrected chi connectivity index (χ4v) is 4.27. The van der Waals surface area contributed by atoms with E-state index in [4.69, 9.17) is 9.83 Å². The Morgan fingerprint density at radius 2 is 2.07 bits per heavy atom. The number of fused-ring (bicyclic) bond motifs is 1. The van der Waals surface area contributed by atoms with Crippen molar-refractivity contribution in [3.05, 3.63) is 57.8 Å². The van der Waals surface area contributed by atoms with Crippen LogP contribution in [0.1, 0.15) is 12.7 Å². The van der Waals surface area contributed by atoms with E-state index in [-0.39, 0.29) is 17.1 Å². The maximum Gasteiger partial charge on any atom is 0.283 e. The number of benzene rings is 1. The molecule has 0 aliphatic carbocycles. The predicted molar refractivity (Wildman–Crippen MR) is 114 cm³/mol. The van der Waals surface area contributed by atoms with Crippen LogP contribution in [0.5, 0.6) is 0 Å². The number of nitro benzene ring substituents is 1. The average Bonchev–Trinajstić information content (AvgIpc) is 3.33. The van der Waals surface area contributed by atoms with E-state index in [1.807, 2.05) is 6.92 Å². The molecule has 1 aromatic heterocycles. The van der Waals surface area contributed by atoms with Gasteiger partial charge in [-0.1, -0.05) is 18.7 Å². The molecule has 11 heteroatoms. The number of hydrogen-bond donors (Lipinski definition) is 1. The number of amides is 1. The quantitative estimate of drug-likeness (QED) is 0.336. The Hall–Kier alpha value is -3.18. The summed E-state index contributed by atoms with van der Waals surface area (Å²) in [6.45, 7) is 1.98. The number of nitrogens with zero attached hydrogens (tertiary/aromatic N) is 4. The number of thioether (sulfide) groups is 1. The molecule has 0 saturated carbocycles. The molecular weight excluding hydrogens is 414 g/mol. The van der Waals surface area contributed by atoms with Gasteiger partial charge in [0.25, 0.3) is 11.6 Å². The second-order valence-electron chi connectivity index (χ2n) is 5.85. The minimum absolute atomic E-state index is 0.00186. The largest absolute Gasteiger partial charge is 0.457 e. The summed E-state index contributed by atoms with van der Waals surface area (Å²) in [5.74, 6) is 1.11. The third-order valence-electron chi connectivity index (χ3n) is 4.04. The molecule has 0 saturated heterocycles.